The van der Waals surface area contributed by atoms with Crippen LogP contribution >= 0.6 is 0 Å². The maximum atomic E-state index is 14.9. The summed E-state index contributed by atoms with van der Waals surface area (Å²) in [4.78, 5) is 0. The Morgan fingerprint density at radius 3 is 1.70 bits per heavy atom. The molecule has 3 rings (SSSR count). The van der Waals surface area contributed by atoms with Crippen LogP contribution in [-0.4, -0.2) is 6.18 Å². The van der Waals surface area contributed by atoms with Gasteiger partial charge in [0.2, 0.25) is 5.83 Å². The van der Waals surface area contributed by atoms with Gasteiger partial charge in [0, 0.05) is 17.4 Å². The van der Waals surface area contributed by atoms with Crippen LogP contribution in [0, 0.1) is 17.8 Å². The molecule has 1 aromatic carbocycles. The first-order chi connectivity index (χ1) is 15.6. The van der Waals surface area contributed by atoms with Gasteiger partial charge >= 0.3 is 6.18 Å². The van der Waals surface area contributed by atoms with Crippen LogP contribution in [0.15, 0.2) is 41.7 Å². The summed E-state index contributed by atoms with van der Waals surface area (Å²) in [7, 11) is 0. The van der Waals surface area contributed by atoms with E-state index in [0.717, 1.165) is 43.4 Å². The molecule has 7 heteroatoms. The molecule has 0 N–H and O–H groups in total. The molecule has 33 heavy (non-hydrogen) atoms. The molecule has 2 saturated carbocycles. The lowest BCUT2D eigenvalue weighted by molar-refractivity contribution is -0.108. The fourth-order valence-corrected chi connectivity index (χ4v) is 5.34. The molecule has 0 spiro atoms. The number of allylic oxidation sites excluding steroid dienone is 3. The van der Waals surface area contributed by atoms with Gasteiger partial charge < -0.3 is 0 Å². The van der Waals surface area contributed by atoms with Gasteiger partial charge in [0.1, 0.15) is 11.7 Å². The van der Waals surface area contributed by atoms with E-state index in [-0.39, 0.29) is 11.8 Å². The molecule has 0 bridgehead atoms. The van der Waals surface area contributed by atoms with Crippen molar-refractivity contribution in [1.29, 1.82) is 0 Å². The van der Waals surface area contributed by atoms with Crippen LogP contribution in [0.4, 0.5) is 30.7 Å². The fraction of sp³-hybridized carbons (Fsp3) is 0.615. The summed E-state index contributed by atoms with van der Waals surface area (Å²) < 4.78 is 93.6. The average Bonchev–Trinajstić information content (AvgIpc) is 2.82. The Balaban J connectivity index is 1.58. The molecular weight excluding hydrogens is 445 g/mol. The van der Waals surface area contributed by atoms with Gasteiger partial charge in [0.05, 0.1) is 0 Å². The maximum absolute atomic E-state index is 14.9. The van der Waals surface area contributed by atoms with Crippen molar-refractivity contribution in [2.24, 2.45) is 17.8 Å². The van der Waals surface area contributed by atoms with Crippen molar-refractivity contribution in [3.05, 3.63) is 52.9 Å². The minimum Gasteiger partial charge on any atom is -0.209 e. The summed E-state index contributed by atoms with van der Waals surface area (Å²) in [6.45, 7) is 2.14. The summed E-state index contributed by atoms with van der Waals surface area (Å²) in [6.07, 6.45) is 2.35. The van der Waals surface area contributed by atoms with Crippen LogP contribution < -0.4 is 0 Å². The summed E-state index contributed by atoms with van der Waals surface area (Å²) in [5.41, 5.74) is 0.295. The van der Waals surface area contributed by atoms with E-state index < -0.39 is 41.0 Å². The van der Waals surface area contributed by atoms with Crippen molar-refractivity contribution in [2.75, 3.05) is 0 Å². The quantitative estimate of drug-likeness (QED) is 0.358. The first-order valence-electron chi connectivity index (χ1n) is 11.9. The summed E-state index contributed by atoms with van der Waals surface area (Å²) in [6, 6.07) is 5.20. The molecule has 2 aliphatic rings. The smallest absolute Gasteiger partial charge is 0.209 e. The van der Waals surface area contributed by atoms with Gasteiger partial charge in [-0.25, -0.2) is 13.2 Å². The minimum absolute atomic E-state index is 0.0233. The Labute approximate surface area is 190 Å². The Morgan fingerprint density at radius 2 is 1.24 bits per heavy atom. The second-order valence-corrected chi connectivity index (χ2v) is 9.50. The average molecular weight is 477 g/mol. The molecule has 184 valence electrons. The number of rotatable bonds is 6. The van der Waals surface area contributed by atoms with E-state index in [1.165, 1.54) is 12.1 Å². The van der Waals surface area contributed by atoms with Crippen molar-refractivity contribution in [3.8, 4) is 0 Å². The third-order valence-electron chi connectivity index (χ3n) is 7.29. The van der Waals surface area contributed by atoms with Crippen LogP contribution in [0.25, 0.3) is 5.83 Å². The third kappa shape index (κ3) is 6.42. The van der Waals surface area contributed by atoms with E-state index in [9.17, 15) is 30.7 Å². The predicted octanol–water partition coefficient (Wildman–Crippen LogP) is 9.89. The lowest BCUT2D eigenvalue weighted by atomic mass is 9.76. The van der Waals surface area contributed by atoms with Crippen molar-refractivity contribution in [3.63, 3.8) is 0 Å². The van der Waals surface area contributed by atoms with Crippen molar-refractivity contribution < 1.29 is 30.7 Å². The van der Waals surface area contributed by atoms with Crippen molar-refractivity contribution >= 4 is 5.83 Å². The van der Waals surface area contributed by atoms with Gasteiger partial charge in [-0.3, -0.25) is 0 Å². The number of halogens is 7. The molecule has 0 unspecified atom stereocenters. The summed E-state index contributed by atoms with van der Waals surface area (Å²) in [5, 5.41) is 0. The molecular formula is C26H31F7. The second kappa shape index (κ2) is 11.1. The van der Waals surface area contributed by atoms with Gasteiger partial charge in [0.15, 0.2) is 5.83 Å². The van der Waals surface area contributed by atoms with Crippen LogP contribution in [0.3, 0.4) is 0 Å². The zero-order chi connectivity index (χ0) is 24.2. The molecule has 0 aromatic heterocycles. The molecule has 0 saturated heterocycles. The van der Waals surface area contributed by atoms with Gasteiger partial charge in [-0.05, 0) is 68.8 Å². The maximum Gasteiger partial charge on any atom is 0.445 e. The highest BCUT2D eigenvalue weighted by Crippen LogP contribution is 2.44. The summed E-state index contributed by atoms with van der Waals surface area (Å²) >= 11 is 0. The molecule has 0 nitrogen and oxygen atoms in total. The van der Waals surface area contributed by atoms with Crippen LogP contribution in [0.5, 0.6) is 0 Å². The van der Waals surface area contributed by atoms with E-state index in [1.807, 2.05) is 0 Å². The minimum atomic E-state index is -5.37. The first-order valence-corrected chi connectivity index (χ1v) is 11.9. The van der Waals surface area contributed by atoms with Crippen molar-refractivity contribution in [2.45, 2.75) is 83.2 Å². The molecule has 0 heterocycles. The van der Waals surface area contributed by atoms with E-state index in [1.54, 1.807) is 0 Å². The monoisotopic (exact) mass is 476 g/mol. The molecule has 0 aliphatic heterocycles. The molecule has 0 radical (unpaired) electrons. The number of hydrogen-bond donors (Lipinski definition) is 0. The van der Waals surface area contributed by atoms with Gasteiger partial charge in [-0.2, -0.15) is 17.6 Å². The van der Waals surface area contributed by atoms with E-state index in [4.69, 9.17) is 0 Å². The highest BCUT2D eigenvalue weighted by Gasteiger charge is 2.38. The van der Waals surface area contributed by atoms with E-state index >= 15 is 0 Å². The number of alkyl halides is 3. The SMILES string of the molecule is CCCC1CCC(C(F)=C(F)C2CCC(c3ccc(/C(F)=C(\F)C(F)(F)F)cc3)CC2)CC1. The van der Waals surface area contributed by atoms with Crippen LogP contribution in [-0.2, 0) is 0 Å². The number of hydrogen-bond acceptors (Lipinski definition) is 0. The normalized spacial score (nSPS) is 28.2. The topological polar surface area (TPSA) is 0 Å². The van der Waals surface area contributed by atoms with E-state index in [2.05, 4.69) is 6.92 Å². The van der Waals surface area contributed by atoms with Crippen LogP contribution in [0.2, 0.25) is 0 Å². The fourth-order valence-electron chi connectivity index (χ4n) is 5.34. The molecule has 0 atom stereocenters. The Morgan fingerprint density at radius 1 is 0.758 bits per heavy atom. The first kappa shape index (κ1) is 25.8. The Hall–Kier alpha value is -1.79. The zero-order valence-corrected chi connectivity index (χ0v) is 18.8. The molecule has 2 aliphatic carbocycles. The largest absolute Gasteiger partial charge is 0.445 e. The molecule has 0 amide bonds. The standard InChI is InChI=1S/C26H31F7/c1-2-3-16-4-6-19(7-5-16)22(27)23(28)20-12-8-17(9-13-20)18-10-14-21(15-11-18)24(29)25(30)26(31,32)33/h10-11,14-17,19-20H,2-9,12-13H2,1H3/b23-22?,25-24+. The second-order valence-electron chi connectivity index (χ2n) is 9.50. The van der Waals surface area contributed by atoms with E-state index in [0.29, 0.717) is 44.4 Å². The lowest BCUT2D eigenvalue weighted by Gasteiger charge is -2.31. The van der Waals surface area contributed by atoms with Gasteiger partial charge in [0.25, 0.3) is 0 Å². The summed E-state index contributed by atoms with van der Waals surface area (Å²) in [5.74, 6) is -6.00. The predicted molar refractivity (Wildman–Crippen MR) is 116 cm³/mol. The van der Waals surface area contributed by atoms with Crippen molar-refractivity contribution in [1.82, 2.24) is 0 Å². The Kier molecular flexibility index (Phi) is 8.68. The lowest BCUT2D eigenvalue weighted by Crippen LogP contribution is -2.19. The highest BCUT2D eigenvalue weighted by atomic mass is 19.4. The highest BCUT2D eigenvalue weighted by molar-refractivity contribution is 5.62. The molecule has 1 aromatic rings. The Bertz CT molecular complexity index is 834. The van der Waals surface area contributed by atoms with Gasteiger partial charge in [-0.15, -0.1) is 0 Å². The van der Waals surface area contributed by atoms with Gasteiger partial charge in [-0.1, -0.05) is 44.0 Å². The molecule has 2 fully saturated rings. The number of benzene rings is 1. The third-order valence-corrected chi connectivity index (χ3v) is 7.29. The van der Waals surface area contributed by atoms with Crippen LogP contribution in [0.1, 0.15) is 88.2 Å². The zero-order valence-electron chi connectivity index (χ0n) is 18.8.